The smallest absolute Gasteiger partial charge is 0.323 e. The predicted molar refractivity (Wildman–Crippen MR) is 81.6 cm³/mol. The van der Waals surface area contributed by atoms with Crippen molar-refractivity contribution in [3.05, 3.63) is 39.0 Å². The Bertz CT molecular complexity index is 648. The van der Waals surface area contributed by atoms with Gasteiger partial charge in [0.15, 0.2) is 0 Å². The van der Waals surface area contributed by atoms with Crippen molar-refractivity contribution >= 4 is 62.2 Å². The molecule has 1 fully saturated rings. The monoisotopic (exact) mass is 375 g/mol. The Morgan fingerprint density at radius 1 is 1.55 bits per heavy atom. The van der Waals surface area contributed by atoms with Gasteiger partial charge in [-0.2, -0.15) is 0 Å². The van der Waals surface area contributed by atoms with Crippen molar-refractivity contribution in [1.29, 1.82) is 0 Å². The number of thiocarbonyl (C=S) groups is 1. The van der Waals surface area contributed by atoms with Gasteiger partial charge in [0.2, 0.25) is 0 Å². The molecule has 1 aliphatic rings. The molecule has 0 saturated carbocycles. The maximum atomic E-state index is 13.7. The Morgan fingerprint density at radius 3 is 2.85 bits per heavy atom. The van der Waals surface area contributed by atoms with Crippen LogP contribution in [-0.2, 0) is 9.59 Å². The van der Waals surface area contributed by atoms with E-state index in [-0.39, 0.29) is 14.8 Å². The Balaban J connectivity index is 2.30. The van der Waals surface area contributed by atoms with E-state index in [4.69, 9.17) is 17.3 Å². The van der Waals surface area contributed by atoms with Gasteiger partial charge in [0, 0.05) is 10.0 Å². The average molecular weight is 376 g/mol. The van der Waals surface area contributed by atoms with Gasteiger partial charge in [-0.25, -0.2) is 4.39 Å². The van der Waals surface area contributed by atoms with Gasteiger partial charge in [-0.3, -0.25) is 14.5 Å². The molecular formula is C12H7BrFNO3S2. The highest BCUT2D eigenvalue weighted by atomic mass is 79.9. The molecule has 1 heterocycles. The summed E-state index contributed by atoms with van der Waals surface area (Å²) in [5.74, 6) is -2.16. The minimum absolute atomic E-state index is 0.154. The molecule has 1 amide bonds. The van der Waals surface area contributed by atoms with Gasteiger partial charge in [-0.05, 0) is 18.2 Å². The van der Waals surface area contributed by atoms with Crippen LogP contribution < -0.4 is 0 Å². The van der Waals surface area contributed by atoms with Crippen molar-refractivity contribution in [3.8, 4) is 0 Å². The SMILES string of the molecule is O=C(O)CN1C(=O)C(=Cc2ccc(Br)cc2F)SC1=S. The van der Waals surface area contributed by atoms with Crippen molar-refractivity contribution in [3.63, 3.8) is 0 Å². The molecule has 1 aromatic rings. The summed E-state index contributed by atoms with van der Waals surface area (Å²) >= 11 is 9.04. The van der Waals surface area contributed by atoms with Crippen molar-refractivity contribution in [2.24, 2.45) is 0 Å². The quantitative estimate of drug-likeness (QED) is 0.650. The predicted octanol–water partition coefficient (Wildman–Crippen LogP) is 2.87. The second kappa shape index (κ2) is 6.02. The Morgan fingerprint density at radius 2 is 2.25 bits per heavy atom. The molecule has 0 radical (unpaired) electrons. The summed E-state index contributed by atoms with van der Waals surface area (Å²) in [6.45, 7) is -0.495. The molecule has 8 heteroatoms. The number of nitrogens with zero attached hydrogens (tertiary/aromatic N) is 1. The van der Waals surface area contributed by atoms with E-state index >= 15 is 0 Å². The molecule has 1 aromatic carbocycles. The molecule has 0 bridgehead atoms. The third-order valence-corrected chi connectivity index (χ3v) is 4.29. The van der Waals surface area contributed by atoms with E-state index < -0.39 is 24.2 Å². The standard InChI is InChI=1S/C12H7BrFNO3S2/c13-7-2-1-6(8(14)4-7)3-9-11(18)15(5-10(16)17)12(19)20-9/h1-4H,5H2,(H,16,17). The molecule has 1 N–H and O–H groups in total. The third kappa shape index (κ3) is 3.25. The van der Waals surface area contributed by atoms with Crippen LogP contribution in [0, 0.1) is 5.82 Å². The van der Waals surface area contributed by atoms with Crippen molar-refractivity contribution < 1.29 is 19.1 Å². The number of halogens is 2. The first-order valence-electron chi connectivity index (χ1n) is 5.30. The second-order valence-corrected chi connectivity index (χ2v) is 6.42. The molecule has 0 aliphatic carbocycles. The first-order chi connectivity index (χ1) is 9.38. The van der Waals surface area contributed by atoms with E-state index in [1.54, 1.807) is 6.07 Å². The summed E-state index contributed by atoms with van der Waals surface area (Å²) in [6, 6.07) is 4.44. The first kappa shape index (κ1) is 15.1. The van der Waals surface area contributed by atoms with Crippen LogP contribution >= 0.6 is 39.9 Å². The highest BCUT2D eigenvalue weighted by Gasteiger charge is 2.33. The topological polar surface area (TPSA) is 57.6 Å². The molecule has 2 rings (SSSR count). The number of carbonyl (C=O) groups excluding carboxylic acids is 1. The fourth-order valence-corrected chi connectivity index (χ4v) is 3.11. The molecule has 1 saturated heterocycles. The van der Waals surface area contributed by atoms with Gasteiger partial charge >= 0.3 is 5.97 Å². The van der Waals surface area contributed by atoms with Crippen LogP contribution in [0.15, 0.2) is 27.6 Å². The fourth-order valence-electron chi connectivity index (χ4n) is 1.53. The van der Waals surface area contributed by atoms with Gasteiger partial charge in [-0.1, -0.05) is 46.0 Å². The molecule has 0 aromatic heterocycles. The molecule has 104 valence electrons. The van der Waals surface area contributed by atoms with E-state index in [1.807, 2.05) is 0 Å². The molecule has 1 aliphatic heterocycles. The van der Waals surface area contributed by atoms with E-state index in [2.05, 4.69) is 15.9 Å². The lowest BCUT2D eigenvalue weighted by molar-refractivity contribution is -0.140. The van der Waals surface area contributed by atoms with Crippen LogP contribution in [0.5, 0.6) is 0 Å². The zero-order valence-electron chi connectivity index (χ0n) is 9.80. The van der Waals surface area contributed by atoms with Crippen LogP contribution in [0.25, 0.3) is 6.08 Å². The number of hydrogen-bond acceptors (Lipinski definition) is 4. The normalized spacial score (nSPS) is 17.1. The molecule has 0 atom stereocenters. The van der Waals surface area contributed by atoms with Gasteiger partial charge < -0.3 is 5.11 Å². The zero-order valence-corrected chi connectivity index (χ0v) is 13.0. The van der Waals surface area contributed by atoms with Crippen LogP contribution in [-0.4, -0.2) is 32.7 Å². The van der Waals surface area contributed by atoms with E-state index in [0.717, 1.165) is 16.7 Å². The Labute approximate surface area is 131 Å². The Kier molecular flexibility index (Phi) is 4.56. The van der Waals surface area contributed by atoms with Gasteiger partial charge in [0.1, 0.15) is 16.7 Å². The summed E-state index contributed by atoms with van der Waals surface area (Å²) in [4.78, 5) is 23.8. The number of thioether (sulfide) groups is 1. The maximum absolute atomic E-state index is 13.7. The lowest BCUT2D eigenvalue weighted by Gasteiger charge is -2.10. The summed E-state index contributed by atoms with van der Waals surface area (Å²) in [5.41, 5.74) is 0.240. The van der Waals surface area contributed by atoms with Gasteiger partial charge in [0.05, 0.1) is 4.91 Å². The number of rotatable bonds is 3. The van der Waals surface area contributed by atoms with Crippen molar-refractivity contribution in [1.82, 2.24) is 4.90 Å². The van der Waals surface area contributed by atoms with Crippen molar-refractivity contribution in [2.75, 3.05) is 6.54 Å². The number of benzene rings is 1. The fraction of sp³-hybridized carbons (Fsp3) is 0.0833. The third-order valence-electron chi connectivity index (χ3n) is 2.42. The lowest BCUT2D eigenvalue weighted by atomic mass is 10.2. The summed E-state index contributed by atoms with van der Waals surface area (Å²) in [5, 5.41) is 8.71. The van der Waals surface area contributed by atoms with Crippen LogP contribution in [0.2, 0.25) is 0 Å². The van der Waals surface area contributed by atoms with E-state index in [1.165, 1.54) is 18.2 Å². The molecular weight excluding hydrogens is 369 g/mol. The number of hydrogen-bond donors (Lipinski definition) is 1. The van der Waals surface area contributed by atoms with E-state index in [0.29, 0.717) is 4.47 Å². The zero-order chi connectivity index (χ0) is 14.9. The van der Waals surface area contributed by atoms with Crippen LogP contribution in [0.1, 0.15) is 5.56 Å². The second-order valence-electron chi connectivity index (χ2n) is 3.83. The highest BCUT2D eigenvalue weighted by molar-refractivity contribution is 9.10. The minimum atomic E-state index is -1.16. The molecule has 20 heavy (non-hydrogen) atoms. The average Bonchev–Trinajstić information content (AvgIpc) is 2.60. The first-order valence-corrected chi connectivity index (χ1v) is 7.32. The number of aliphatic carboxylic acids is 1. The van der Waals surface area contributed by atoms with E-state index in [9.17, 15) is 14.0 Å². The number of amides is 1. The molecule has 4 nitrogen and oxygen atoms in total. The van der Waals surface area contributed by atoms with Gasteiger partial charge in [0.25, 0.3) is 5.91 Å². The number of carbonyl (C=O) groups is 2. The largest absolute Gasteiger partial charge is 0.480 e. The highest BCUT2D eigenvalue weighted by Crippen LogP contribution is 2.33. The molecule has 0 spiro atoms. The van der Waals surface area contributed by atoms with Crippen LogP contribution in [0.4, 0.5) is 4.39 Å². The summed E-state index contributed by atoms with van der Waals surface area (Å²) in [6.07, 6.45) is 1.36. The molecule has 0 unspecified atom stereocenters. The lowest BCUT2D eigenvalue weighted by Crippen LogP contribution is -2.33. The van der Waals surface area contributed by atoms with Crippen molar-refractivity contribution in [2.45, 2.75) is 0 Å². The summed E-state index contributed by atoms with van der Waals surface area (Å²) in [7, 11) is 0. The Hall–Kier alpha value is -1.25. The number of carboxylic acids is 1. The number of carboxylic acid groups (broad SMARTS) is 1. The maximum Gasteiger partial charge on any atom is 0.323 e. The van der Waals surface area contributed by atoms with Crippen LogP contribution in [0.3, 0.4) is 0 Å². The summed E-state index contributed by atoms with van der Waals surface area (Å²) < 4.78 is 14.4. The minimum Gasteiger partial charge on any atom is -0.480 e. The van der Waals surface area contributed by atoms with Gasteiger partial charge in [-0.15, -0.1) is 0 Å².